The molecule has 2 aromatic heterocycles. The number of alkyl carbamates (subject to hydrolysis) is 1. The van der Waals surface area contributed by atoms with E-state index in [9.17, 15) is 19.5 Å². The quantitative estimate of drug-likeness (QED) is 0.539. The van der Waals surface area contributed by atoms with Crippen molar-refractivity contribution in [3.05, 3.63) is 12.7 Å². The minimum atomic E-state index is -0.863. The van der Waals surface area contributed by atoms with Crippen LogP contribution in [0.2, 0.25) is 0 Å². The molecule has 12 nitrogen and oxygen atoms in total. The lowest BCUT2D eigenvalue weighted by Gasteiger charge is -2.31. The van der Waals surface area contributed by atoms with Crippen molar-refractivity contribution in [1.29, 1.82) is 0 Å². The molecule has 0 spiro atoms. The van der Waals surface area contributed by atoms with E-state index in [1.54, 1.807) is 25.3 Å². The number of carboxylic acid groups (broad SMARTS) is 1. The molecule has 2 aromatic rings. The summed E-state index contributed by atoms with van der Waals surface area (Å²) in [5.41, 5.74) is -0.00557. The molecule has 1 saturated heterocycles. The third-order valence-corrected chi connectivity index (χ3v) is 5.52. The average molecular weight is 505 g/mol. The zero-order chi connectivity index (χ0) is 26.7. The molecule has 0 saturated carbocycles. The van der Waals surface area contributed by atoms with Crippen LogP contribution < -0.4 is 10.2 Å². The highest BCUT2D eigenvalue weighted by molar-refractivity contribution is 5.84. The van der Waals surface area contributed by atoms with Crippen LogP contribution in [0.15, 0.2) is 12.7 Å². The van der Waals surface area contributed by atoms with Gasteiger partial charge in [-0.15, -0.1) is 0 Å². The van der Waals surface area contributed by atoms with E-state index in [1.165, 1.54) is 12.7 Å². The fraction of sp³-hybridized carbons (Fsp3) is 0.667. The van der Waals surface area contributed by atoms with Crippen LogP contribution in [0, 0.1) is 11.3 Å². The van der Waals surface area contributed by atoms with Crippen LogP contribution >= 0.6 is 0 Å². The summed E-state index contributed by atoms with van der Waals surface area (Å²) in [6, 6.07) is 0. The maximum atomic E-state index is 12.7. The Morgan fingerprint density at radius 2 is 1.78 bits per heavy atom. The van der Waals surface area contributed by atoms with Crippen LogP contribution in [0.5, 0.6) is 0 Å². The van der Waals surface area contributed by atoms with Gasteiger partial charge in [0.25, 0.3) is 0 Å². The largest absolute Gasteiger partial charge is 0.481 e. The molecule has 36 heavy (non-hydrogen) atoms. The number of carboxylic acids is 1. The Kier molecular flexibility index (Phi) is 8.05. The van der Waals surface area contributed by atoms with Crippen molar-refractivity contribution >= 4 is 35.0 Å². The zero-order valence-electron chi connectivity index (χ0n) is 21.8. The number of esters is 1. The molecule has 1 fully saturated rings. The Morgan fingerprint density at radius 1 is 1.11 bits per heavy atom. The van der Waals surface area contributed by atoms with Gasteiger partial charge in [-0.2, -0.15) is 0 Å². The van der Waals surface area contributed by atoms with Gasteiger partial charge in [0.1, 0.15) is 18.1 Å². The van der Waals surface area contributed by atoms with Crippen LogP contribution in [-0.4, -0.2) is 68.0 Å². The van der Waals surface area contributed by atoms with Crippen LogP contribution in [0.4, 0.5) is 10.6 Å². The van der Waals surface area contributed by atoms with Crippen molar-refractivity contribution in [3.63, 3.8) is 0 Å². The summed E-state index contributed by atoms with van der Waals surface area (Å²) in [6.45, 7) is 12.4. The van der Waals surface area contributed by atoms with Crippen molar-refractivity contribution in [2.75, 3.05) is 24.6 Å². The van der Waals surface area contributed by atoms with Crippen molar-refractivity contribution in [2.45, 2.75) is 72.6 Å². The molecule has 0 aliphatic carbocycles. The average Bonchev–Trinajstić information content (AvgIpc) is 3.20. The normalized spacial score (nSPS) is 16.0. The molecule has 1 unspecified atom stereocenters. The Balaban J connectivity index is 1.87. The molecule has 1 aliphatic rings. The number of carbonyl (C=O) groups excluding carboxylic acids is 2. The van der Waals surface area contributed by atoms with Gasteiger partial charge in [-0.1, -0.05) is 20.8 Å². The lowest BCUT2D eigenvalue weighted by molar-refractivity contribution is -0.156. The second kappa shape index (κ2) is 10.7. The number of rotatable bonds is 7. The van der Waals surface area contributed by atoms with Crippen LogP contribution in [0.3, 0.4) is 0 Å². The van der Waals surface area contributed by atoms with Gasteiger partial charge in [0.2, 0.25) is 0 Å². The molecule has 12 heteroatoms. The van der Waals surface area contributed by atoms with E-state index in [0.29, 0.717) is 42.9 Å². The van der Waals surface area contributed by atoms with Gasteiger partial charge < -0.3 is 24.8 Å². The minimum Gasteiger partial charge on any atom is -0.481 e. The maximum Gasteiger partial charge on any atom is 0.408 e. The first-order valence-electron chi connectivity index (χ1n) is 12.0. The number of carbonyl (C=O) groups is 3. The lowest BCUT2D eigenvalue weighted by Crippen LogP contribution is -2.37. The van der Waals surface area contributed by atoms with Gasteiger partial charge in [0.05, 0.1) is 25.3 Å². The van der Waals surface area contributed by atoms with Crippen LogP contribution in [-0.2, 0) is 19.1 Å². The Morgan fingerprint density at radius 3 is 2.36 bits per heavy atom. The third kappa shape index (κ3) is 7.28. The smallest absolute Gasteiger partial charge is 0.408 e. The summed E-state index contributed by atoms with van der Waals surface area (Å²) in [5, 5.41) is 12.0. The highest BCUT2D eigenvalue weighted by Crippen LogP contribution is 2.28. The number of hydrogen-bond acceptors (Lipinski definition) is 9. The van der Waals surface area contributed by atoms with Gasteiger partial charge in [-0.05, 0) is 39.0 Å². The molecule has 3 heterocycles. The van der Waals surface area contributed by atoms with Crippen molar-refractivity contribution in [1.82, 2.24) is 24.8 Å². The van der Waals surface area contributed by atoms with Crippen molar-refractivity contribution in [3.8, 4) is 0 Å². The number of hydrogen-bond donors (Lipinski definition) is 2. The second-order valence-electron chi connectivity index (χ2n) is 11.2. The molecular formula is C24H36N6O6. The molecule has 0 radical (unpaired) electrons. The fourth-order valence-corrected chi connectivity index (χ4v) is 3.86. The SMILES string of the molecule is CC(C)(C)COC(=O)NC(CC(=O)OC(C)(C)C)n1cnc2c(N3CCC(C(=O)O)CC3)ncnc21. The number of aliphatic carboxylic acids is 1. The van der Waals surface area contributed by atoms with Gasteiger partial charge in [-0.25, -0.2) is 19.7 Å². The van der Waals surface area contributed by atoms with Gasteiger partial charge >= 0.3 is 18.0 Å². The van der Waals surface area contributed by atoms with Crippen LogP contribution in [0.1, 0.15) is 67.0 Å². The third-order valence-electron chi connectivity index (χ3n) is 5.52. The number of piperidine rings is 1. The fourth-order valence-electron chi connectivity index (χ4n) is 3.86. The molecule has 0 bridgehead atoms. The first kappa shape index (κ1) is 27.2. The van der Waals surface area contributed by atoms with Crippen molar-refractivity contribution < 1.29 is 29.0 Å². The van der Waals surface area contributed by atoms with E-state index in [1.807, 2.05) is 25.7 Å². The molecule has 1 amide bonds. The predicted molar refractivity (Wildman–Crippen MR) is 131 cm³/mol. The number of ether oxygens (including phenoxy) is 2. The molecular weight excluding hydrogens is 468 g/mol. The highest BCUT2D eigenvalue weighted by atomic mass is 16.6. The second-order valence-corrected chi connectivity index (χ2v) is 11.2. The molecule has 1 atom stereocenters. The zero-order valence-corrected chi connectivity index (χ0v) is 21.8. The monoisotopic (exact) mass is 504 g/mol. The van der Waals surface area contributed by atoms with Gasteiger partial charge in [0, 0.05) is 13.1 Å². The molecule has 1 aliphatic heterocycles. The van der Waals surface area contributed by atoms with Crippen LogP contribution in [0.25, 0.3) is 11.2 Å². The van der Waals surface area contributed by atoms with Gasteiger partial charge in [-0.3, -0.25) is 14.2 Å². The Bertz CT molecular complexity index is 1090. The number of fused-ring (bicyclic) bond motifs is 1. The number of imidazole rings is 1. The van der Waals surface area contributed by atoms with E-state index >= 15 is 0 Å². The standard InChI is InChI=1S/C24H36N6O6/c1-23(2,3)12-35-22(34)28-16(11-17(31)36-24(4,5)6)30-14-27-18-19(25-13-26-20(18)30)29-9-7-15(8-10-29)21(32)33/h13-16H,7-12H2,1-6H3,(H,28,34)(H,32,33). The minimum absolute atomic E-state index is 0.170. The highest BCUT2D eigenvalue weighted by Gasteiger charge is 2.29. The van der Waals surface area contributed by atoms with E-state index in [4.69, 9.17) is 9.47 Å². The summed E-state index contributed by atoms with van der Waals surface area (Å²) in [6.07, 6.45) is 2.18. The summed E-state index contributed by atoms with van der Waals surface area (Å²) in [7, 11) is 0. The van der Waals surface area contributed by atoms with E-state index < -0.39 is 29.8 Å². The Hall–Kier alpha value is -3.44. The Labute approximate surface area is 210 Å². The molecule has 3 rings (SSSR count). The lowest BCUT2D eigenvalue weighted by atomic mass is 9.97. The molecule has 2 N–H and O–H groups in total. The van der Waals surface area contributed by atoms with E-state index in [2.05, 4.69) is 20.3 Å². The van der Waals surface area contributed by atoms with Crippen molar-refractivity contribution in [2.24, 2.45) is 11.3 Å². The first-order valence-corrected chi connectivity index (χ1v) is 12.0. The summed E-state index contributed by atoms with van der Waals surface area (Å²) in [4.78, 5) is 51.8. The first-order chi connectivity index (χ1) is 16.7. The number of anilines is 1. The summed E-state index contributed by atoms with van der Waals surface area (Å²) >= 11 is 0. The van der Waals surface area contributed by atoms with E-state index in [-0.39, 0.29) is 24.4 Å². The summed E-state index contributed by atoms with van der Waals surface area (Å²) < 4.78 is 12.4. The number of aromatic nitrogens is 4. The van der Waals surface area contributed by atoms with E-state index in [0.717, 1.165) is 0 Å². The number of nitrogens with zero attached hydrogens (tertiary/aromatic N) is 5. The topological polar surface area (TPSA) is 149 Å². The van der Waals surface area contributed by atoms with Gasteiger partial charge in [0.15, 0.2) is 17.0 Å². The number of amides is 1. The molecule has 0 aromatic carbocycles. The predicted octanol–water partition coefficient (Wildman–Crippen LogP) is 3.13. The summed E-state index contributed by atoms with van der Waals surface area (Å²) in [5.74, 6) is -1.09. The number of nitrogens with one attached hydrogen (secondary N) is 1. The molecule has 198 valence electrons. The maximum absolute atomic E-state index is 12.7.